The van der Waals surface area contributed by atoms with E-state index in [9.17, 15) is 0 Å². The molecule has 17 heavy (non-hydrogen) atoms. The van der Waals surface area contributed by atoms with E-state index in [-0.39, 0.29) is 5.41 Å². The molecule has 2 aromatic rings. The minimum Gasteiger partial charge on any atom is -0.494 e. The van der Waals surface area contributed by atoms with Gasteiger partial charge in [-0.1, -0.05) is 26.8 Å². The van der Waals surface area contributed by atoms with Crippen molar-refractivity contribution in [2.45, 2.75) is 33.1 Å². The second kappa shape index (κ2) is 4.36. The Balaban J connectivity index is 2.47. The lowest BCUT2D eigenvalue weighted by molar-refractivity contribution is 0.340. The highest BCUT2D eigenvalue weighted by Crippen LogP contribution is 2.25. The molecular formula is C15H19NO. The third kappa shape index (κ3) is 2.57. The summed E-state index contributed by atoms with van der Waals surface area (Å²) in [6, 6.07) is 10.3. The normalized spacial score (nSPS) is 11.8. The van der Waals surface area contributed by atoms with E-state index in [2.05, 4.69) is 32.9 Å². The van der Waals surface area contributed by atoms with E-state index in [1.165, 1.54) is 0 Å². The van der Waals surface area contributed by atoms with Gasteiger partial charge in [0.15, 0.2) is 0 Å². The van der Waals surface area contributed by atoms with Crippen LogP contribution >= 0.6 is 0 Å². The number of hydrogen-bond acceptors (Lipinski definition) is 2. The summed E-state index contributed by atoms with van der Waals surface area (Å²) in [5.74, 6) is 0.908. The molecule has 90 valence electrons. The van der Waals surface area contributed by atoms with Gasteiger partial charge in [-0.25, -0.2) is 0 Å². The molecule has 0 unspecified atom stereocenters. The molecule has 0 fully saturated rings. The standard InChI is InChI=1S/C15H19NO/c1-5-17-12-7-8-13-11(10-12)6-9-14(16-13)15(2,3)4/h6-10H,5H2,1-4H3. The molecule has 0 spiro atoms. The number of pyridine rings is 1. The van der Waals surface area contributed by atoms with Crippen molar-refractivity contribution in [1.29, 1.82) is 0 Å². The van der Waals surface area contributed by atoms with Crippen LogP contribution in [0.15, 0.2) is 30.3 Å². The van der Waals surface area contributed by atoms with Gasteiger partial charge in [0.2, 0.25) is 0 Å². The highest BCUT2D eigenvalue weighted by molar-refractivity contribution is 5.80. The Morgan fingerprint density at radius 2 is 1.88 bits per heavy atom. The molecule has 1 aromatic carbocycles. The summed E-state index contributed by atoms with van der Waals surface area (Å²) in [6.45, 7) is 9.21. The fraction of sp³-hybridized carbons (Fsp3) is 0.400. The number of aromatic nitrogens is 1. The molecule has 0 aliphatic heterocycles. The minimum absolute atomic E-state index is 0.0901. The molecule has 2 rings (SSSR count). The molecule has 0 atom stereocenters. The summed E-state index contributed by atoms with van der Waals surface area (Å²) in [6.07, 6.45) is 0. The van der Waals surface area contributed by atoms with Crippen molar-refractivity contribution >= 4 is 10.9 Å². The summed E-state index contributed by atoms with van der Waals surface area (Å²) in [5, 5.41) is 1.13. The third-order valence-corrected chi connectivity index (χ3v) is 2.74. The van der Waals surface area contributed by atoms with Crippen LogP contribution in [0.5, 0.6) is 5.75 Å². The molecule has 2 nitrogen and oxygen atoms in total. The van der Waals surface area contributed by atoms with Gasteiger partial charge < -0.3 is 4.74 Å². The Kier molecular flexibility index (Phi) is 3.05. The predicted octanol–water partition coefficient (Wildman–Crippen LogP) is 3.93. The van der Waals surface area contributed by atoms with Gasteiger partial charge in [-0.15, -0.1) is 0 Å². The van der Waals surface area contributed by atoms with Gasteiger partial charge in [-0.2, -0.15) is 0 Å². The average molecular weight is 229 g/mol. The lowest BCUT2D eigenvalue weighted by atomic mass is 9.91. The number of ether oxygens (including phenoxy) is 1. The fourth-order valence-corrected chi connectivity index (χ4v) is 1.78. The zero-order valence-corrected chi connectivity index (χ0v) is 10.9. The summed E-state index contributed by atoms with van der Waals surface area (Å²) in [7, 11) is 0. The van der Waals surface area contributed by atoms with Gasteiger partial charge in [0, 0.05) is 16.5 Å². The number of fused-ring (bicyclic) bond motifs is 1. The zero-order valence-electron chi connectivity index (χ0n) is 10.9. The van der Waals surface area contributed by atoms with Crippen molar-refractivity contribution in [3.05, 3.63) is 36.0 Å². The molecule has 0 aliphatic rings. The molecule has 0 N–H and O–H groups in total. The number of rotatable bonds is 2. The van der Waals surface area contributed by atoms with Gasteiger partial charge in [0.05, 0.1) is 12.1 Å². The SMILES string of the molecule is CCOc1ccc2nc(C(C)(C)C)ccc2c1. The van der Waals surface area contributed by atoms with Gasteiger partial charge in [0.1, 0.15) is 5.75 Å². The largest absolute Gasteiger partial charge is 0.494 e. The van der Waals surface area contributed by atoms with Gasteiger partial charge in [-0.05, 0) is 31.2 Å². The van der Waals surface area contributed by atoms with E-state index in [0.717, 1.165) is 22.3 Å². The second-order valence-electron chi connectivity index (χ2n) is 5.23. The van der Waals surface area contributed by atoms with Crippen molar-refractivity contribution in [1.82, 2.24) is 4.98 Å². The number of benzene rings is 1. The van der Waals surface area contributed by atoms with E-state index >= 15 is 0 Å². The van der Waals surface area contributed by atoms with Gasteiger partial charge in [-0.3, -0.25) is 4.98 Å². The third-order valence-electron chi connectivity index (χ3n) is 2.74. The molecule has 0 saturated carbocycles. The monoisotopic (exact) mass is 229 g/mol. The Morgan fingerprint density at radius 3 is 2.53 bits per heavy atom. The summed E-state index contributed by atoms with van der Waals surface area (Å²) >= 11 is 0. The van der Waals surface area contributed by atoms with Crippen LogP contribution in [-0.4, -0.2) is 11.6 Å². The van der Waals surface area contributed by atoms with Crippen LogP contribution < -0.4 is 4.74 Å². The summed E-state index contributed by atoms with van der Waals surface area (Å²) in [4.78, 5) is 4.69. The van der Waals surface area contributed by atoms with Crippen LogP contribution in [0.1, 0.15) is 33.4 Å². The fourth-order valence-electron chi connectivity index (χ4n) is 1.78. The zero-order chi connectivity index (χ0) is 12.5. The van der Waals surface area contributed by atoms with Crippen molar-refractivity contribution in [3.8, 4) is 5.75 Å². The van der Waals surface area contributed by atoms with Crippen molar-refractivity contribution in [3.63, 3.8) is 0 Å². The van der Waals surface area contributed by atoms with E-state index in [1.54, 1.807) is 0 Å². The molecule has 2 heteroatoms. The highest BCUT2D eigenvalue weighted by atomic mass is 16.5. The maximum absolute atomic E-state index is 5.48. The maximum Gasteiger partial charge on any atom is 0.120 e. The lowest BCUT2D eigenvalue weighted by Gasteiger charge is -2.18. The molecule has 1 heterocycles. The van der Waals surface area contributed by atoms with Gasteiger partial charge in [0.25, 0.3) is 0 Å². The van der Waals surface area contributed by atoms with Crippen molar-refractivity contribution in [2.24, 2.45) is 0 Å². The molecule has 0 bridgehead atoms. The van der Waals surface area contributed by atoms with Crippen LogP contribution in [0, 0.1) is 0 Å². The Bertz CT molecular complexity index is 526. The Labute approximate surface area is 103 Å². The highest BCUT2D eigenvalue weighted by Gasteiger charge is 2.15. The van der Waals surface area contributed by atoms with Crippen LogP contribution in [-0.2, 0) is 5.41 Å². The summed E-state index contributed by atoms with van der Waals surface area (Å²) < 4.78 is 5.48. The molecule has 0 radical (unpaired) electrons. The number of nitrogens with zero attached hydrogens (tertiary/aromatic N) is 1. The van der Waals surface area contributed by atoms with Crippen LogP contribution in [0.2, 0.25) is 0 Å². The van der Waals surface area contributed by atoms with Crippen LogP contribution in [0.3, 0.4) is 0 Å². The second-order valence-corrected chi connectivity index (χ2v) is 5.23. The molecule has 0 amide bonds. The van der Waals surface area contributed by atoms with Crippen molar-refractivity contribution < 1.29 is 4.74 Å². The lowest BCUT2D eigenvalue weighted by Crippen LogP contribution is -2.13. The van der Waals surface area contributed by atoms with E-state index in [1.807, 2.05) is 25.1 Å². The summed E-state index contributed by atoms with van der Waals surface area (Å²) in [5.41, 5.74) is 2.24. The smallest absolute Gasteiger partial charge is 0.120 e. The van der Waals surface area contributed by atoms with E-state index in [4.69, 9.17) is 9.72 Å². The molecule has 0 aliphatic carbocycles. The number of hydrogen-bond donors (Lipinski definition) is 0. The molecular weight excluding hydrogens is 210 g/mol. The predicted molar refractivity (Wildman–Crippen MR) is 71.6 cm³/mol. The van der Waals surface area contributed by atoms with Crippen molar-refractivity contribution in [2.75, 3.05) is 6.61 Å². The maximum atomic E-state index is 5.48. The average Bonchev–Trinajstić information content (AvgIpc) is 2.27. The molecule has 1 aromatic heterocycles. The van der Waals surface area contributed by atoms with Gasteiger partial charge >= 0.3 is 0 Å². The first-order valence-corrected chi connectivity index (χ1v) is 6.05. The van der Waals surface area contributed by atoms with Crippen LogP contribution in [0.4, 0.5) is 0 Å². The minimum atomic E-state index is 0.0901. The Hall–Kier alpha value is -1.57. The van der Waals surface area contributed by atoms with E-state index < -0.39 is 0 Å². The topological polar surface area (TPSA) is 22.1 Å². The first-order chi connectivity index (χ1) is 8.00. The quantitative estimate of drug-likeness (QED) is 0.778. The van der Waals surface area contributed by atoms with E-state index in [0.29, 0.717) is 6.61 Å². The Morgan fingerprint density at radius 1 is 1.12 bits per heavy atom. The first-order valence-electron chi connectivity index (χ1n) is 6.05. The van der Waals surface area contributed by atoms with Crippen LogP contribution in [0.25, 0.3) is 10.9 Å². The first kappa shape index (κ1) is 11.9. The molecule has 0 saturated heterocycles.